The number of aromatic nitrogens is 2. The molecule has 2 aromatic carbocycles. The Labute approximate surface area is 444 Å². The number of aromatic amines is 1. The number of nitrogens with zero attached hydrogens (tertiary/aromatic N) is 2. The number of rotatable bonds is 24. The summed E-state index contributed by atoms with van der Waals surface area (Å²) in [5.41, 5.74) is 2.98. The molecule has 0 bridgehead atoms. The van der Waals surface area contributed by atoms with E-state index < -0.39 is 77.7 Å². The van der Waals surface area contributed by atoms with Crippen LogP contribution in [0.5, 0.6) is 0 Å². The number of benzene rings is 3. The lowest BCUT2D eigenvalue weighted by atomic mass is 9.88. The van der Waals surface area contributed by atoms with Crippen LogP contribution in [-0.2, 0) is 41.1 Å². The molecule has 78 heavy (non-hydrogen) atoms. The van der Waals surface area contributed by atoms with Crippen molar-refractivity contribution in [2.45, 2.75) is 65.4 Å². The average molecular weight is 1140 g/mol. The summed E-state index contributed by atoms with van der Waals surface area (Å²) in [5.74, 6) is 4.02. The number of anilines is 1. The minimum Gasteiger partial charge on any atom is -0.478 e. The topological polar surface area (TPSA) is 375 Å². The highest BCUT2D eigenvalue weighted by Crippen LogP contribution is 2.66. The van der Waals surface area contributed by atoms with Gasteiger partial charge in [0.25, 0.3) is 11.5 Å². The van der Waals surface area contributed by atoms with Crippen molar-refractivity contribution in [3.05, 3.63) is 127 Å². The predicted octanol–water partition coefficient (Wildman–Crippen LogP) is 5.77. The molecule has 3 aromatic rings. The van der Waals surface area contributed by atoms with Crippen LogP contribution >= 0.6 is 23.5 Å². The van der Waals surface area contributed by atoms with Gasteiger partial charge in [0.2, 0.25) is 0 Å². The molecule has 3 aliphatic rings. The third-order valence-corrected chi connectivity index (χ3v) is 15.2. The number of hydrogen-bond donors (Lipinski definition) is 9. The minimum absolute atomic E-state index is 0.00557. The standard InChI is InChI=1S/C49H57N6O20P3/c1-6-19-69-41-26-43(73-42(41)28-71-77(65,66)75-78(67,68)74-76(62,63)64)55-27-32(46(57)54-48(55)60)14-13-18-53-49(61)70-20-12-10-9-11-17-52-45(56)31-15-16-33(47(58)59)34(23-31)44-35-21-29(4)37(50-7-2)24-39(35)72-40-25-38(51-8-3)30(5)22-36(40)44/h6,10,12,15-16,21-25,27,41-43,50H,1,7-9,11,17-20,26,28H2,2-5H3,(H,52,56)(H,53,61)(H,58,59)(H,65,66)(H,67,68)(H,54,57,60)(H2,62,63,64)/b12-10-,51-38?/t41-,42+,43+/m0/s1. The van der Waals surface area contributed by atoms with E-state index in [1.165, 1.54) is 18.2 Å². The number of nitrogens with one attached hydrogen (secondary N) is 4. The van der Waals surface area contributed by atoms with Gasteiger partial charge in [-0.1, -0.05) is 30.1 Å². The van der Waals surface area contributed by atoms with Gasteiger partial charge in [-0.05, 0) is 87.6 Å². The van der Waals surface area contributed by atoms with Crippen molar-refractivity contribution in [1.29, 1.82) is 0 Å². The van der Waals surface area contributed by atoms with E-state index in [0.29, 0.717) is 59.4 Å². The number of carboxylic acid groups (broad SMARTS) is 1. The fourth-order valence-corrected chi connectivity index (χ4v) is 11.1. The van der Waals surface area contributed by atoms with Crippen LogP contribution in [0.15, 0.2) is 92.5 Å². The van der Waals surface area contributed by atoms with E-state index in [9.17, 15) is 52.6 Å². The number of fused-ring (bicyclic) bond motifs is 2. The number of unbranched alkanes of at least 4 members (excludes halogenated alkanes) is 1. The van der Waals surface area contributed by atoms with E-state index in [4.69, 9.17) is 28.4 Å². The average Bonchev–Trinajstić information content (AvgIpc) is 3.77. The Morgan fingerprint density at radius 3 is 2.44 bits per heavy atom. The SMILES string of the molecule is C=CCO[C@H]1C[C@H](n2cc(C#CCNC(=O)OC/C=C\CCCNC(=O)c3ccc(C(=O)O)c(-c4c5cc(C)c(=NCC)cc-5oc5cc(NCC)c(C)cc45)c3)c(=O)[nH]c2=O)O[C@@H]1COP(=O)(O)OP(=O)(O)OP(=O)(O)O. The van der Waals surface area contributed by atoms with Crippen LogP contribution in [0.25, 0.3) is 33.4 Å². The number of phosphoric ester groups is 1. The monoisotopic (exact) mass is 1140 g/mol. The third-order valence-electron chi connectivity index (χ3n) is 11.4. The third kappa shape index (κ3) is 16.4. The summed E-state index contributed by atoms with van der Waals surface area (Å²) in [6, 6.07) is 12.1. The largest absolute Gasteiger partial charge is 0.490 e. The summed E-state index contributed by atoms with van der Waals surface area (Å²) < 4.78 is 71.0. The van der Waals surface area contributed by atoms with Gasteiger partial charge in [-0.3, -0.25) is 28.7 Å². The zero-order chi connectivity index (χ0) is 57.0. The summed E-state index contributed by atoms with van der Waals surface area (Å²) in [4.78, 5) is 108. The van der Waals surface area contributed by atoms with E-state index in [1.807, 2.05) is 52.0 Å². The molecule has 26 nitrogen and oxygen atoms in total. The van der Waals surface area contributed by atoms with Gasteiger partial charge in [0, 0.05) is 72.1 Å². The Kier molecular flexibility index (Phi) is 20.7. The van der Waals surface area contributed by atoms with Crippen molar-refractivity contribution in [1.82, 2.24) is 20.2 Å². The van der Waals surface area contributed by atoms with Gasteiger partial charge in [-0.2, -0.15) is 8.62 Å². The maximum Gasteiger partial charge on any atom is 0.490 e. The first-order valence-corrected chi connectivity index (χ1v) is 28.4. The van der Waals surface area contributed by atoms with Crippen LogP contribution in [0.1, 0.15) is 76.7 Å². The number of aromatic carboxylic acids is 1. The molecule has 9 N–H and O–H groups in total. The Hall–Kier alpha value is -6.81. The van der Waals surface area contributed by atoms with Crippen molar-refractivity contribution >= 4 is 58.1 Å². The Bertz CT molecular complexity index is 3480. The zero-order valence-corrected chi connectivity index (χ0v) is 45.1. The van der Waals surface area contributed by atoms with Gasteiger partial charge in [0.15, 0.2) is 0 Å². The normalized spacial score (nSPS) is 17.3. The van der Waals surface area contributed by atoms with Gasteiger partial charge in [-0.25, -0.2) is 28.1 Å². The van der Waals surface area contributed by atoms with E-state index in [0.717, 1.165) is 32.9 Å². The van der Waals surface area contributed by atoms with Crippen LogP contribution in [0.2, 0.25) is 0 Å². The molecule has 1 fully saturated rings. The molecule has 418 valence electrons. The molecule has 29 heteroatoms. The van der Waals surface area contributed by atoms with Gasteiger partial charge in [0.1, 0.15) is 35.8 Å². The first kappa shape index (κ1) is 60.4. The second-order valence-electron chi connectivity index (χ2n) is 17.1. The van der Waals surface area contributed by atoms with Gasteiger partial charge in [-0.15, -0.1) is 6.58 Å². The fraction of sp³-hybridized carbons (Fsp3) is 0.347. The smallest absolute Gasteiger partial charge is 0.478 e. The lowest BCUT2D eigenvalue weighted by Crippen LogP contribution is -2.34. The Balaban J connectivity index is 1.01. The van der Waals surface area contributed by atoms with Crippen molar-refractivity contribution < 1.29 is 84.5 Å². The zero-order valence-electron chi connectivity index (χ0n) is 42.5. The summed E-state index contributed by atoms with van der Waals surface area (Å²) in [6.07, 6.45) is 2.36. The number of carbonyl (C=O) groups excluding carboxylic acids is 2. The molecule has 1 aromatic heterocycles. The number of phosphoric acid groups is 3. The highest BCUT2D eigenvalue weighted by Gasteiger charge is 2.43. The molecule has 2 unspecified atom stereocenters. The number of aryl methyl sites for hydroxylation is 2. The second kappa shape index (κ2) is 26.7. The number of carboxylic acids is 1. The Morgan fingerprint density at radius 1 is 0.962 bits per heavy atom. The van der Waals surface area contributed by atoms with Crippen LogP contribution in [0.3, 0.4) is 0 Å². The first-order valence-electron chi connectivity index (χ1n) is 23.9. The maximum absolute atomic E-state index is 13.5. The quantitative estimate of drug-likeness (QED) is 0.0116. The number of allylic oxidation sites excluding steroid dienone is 1. The molecule has 0 radical (unpaired) electrons. The number of H-pyrrole nitrogens is 1. The fourth-order valence-electron chi connectivity index (χ4n) is 8.07. The van der Waals surface area contributed by atoms with E-state index in [-0.39, 0.29) is 49.4 Å². The number of amides is 2. The molecule has 5 atom stereocenters. The van der Waals surface area contributed by atoms with E-state index in [1.54, 1.807) is 18.2 Å². The van der Waals surface area contributed by atoms with Crippen LogP contribution in [-0.4, -0.2) is 110 Å². The number of ether oxygens (including phenoxy) is 3. The first-order chi connectivity index (χ1) is 36.9. The van der Waals surface area contributed by atoms with E-state index >= 15 is 0 Å². The van der Waals surface area contributed by atoms with Crippen LogP contribution < -0.4 is 32.6 Å². The van der Waals surface area contributed by atoms with Gasteiger partial charge < -0.3 is 59.3 Å². The van der Waals surface area contributed by atoms with Crippen molar-refractivity contribution in [2.24, 2.45) is 4.99 Å². The van der Waals surface area contributed by atoms with Crippen LogP contribution in [0.4, 0.5) is 10.5 Å². The van der Waals surface area contributed by atoms with E-state index in [2.05, 4.69) is 57.5 Å². The minimum atomic E-state index is -5.80. The molecule has 1 saturated heterocycles. The highest BCUT2D eigenvalue weighted by atomic mass is 31.3. The van der Waals surface area contributed by atoms with Gasteiger partial charge >= 0.3 is 41.2 Å². The summed E-state index contributed by atoms with van der Waals surface area (Å²) >= 11 is 0. The molecule has 1 aliphatic carbocycles. The molecule has 6 rings (SSSR count). The maximum atomic E-state index is 13.5. The predicted molar refractivity (Wildman–Crippen MR) is 282 cm³/mol. The molecule has 3 heterocycles. The van der Waals surface area contributed by atoms with Crippen molar-refractivity contribution in [2.75, 3.05) is 51.3 Å². The summed E-state index contributed by atoms with van der Waals surface area (Å²) in [7, 11) is -17.0. The molecular formula is C49H57N6O20P3. The summed E-state index contributed by atoms with van der Waals surface area (Å²) in [6.45, 7) is 11.4. The van der Waals surface area contributed by atoms with Gasteiger partial charge in [0.05, 0.1) is 36.8 Å². The van der Waals surface area contributed by atoms with Crippen molar-refractivity contribution in [3.8, 4) is 34.3 Å². The number of hydrogen-bond acceptors (Lipinski definition) is 17. The lowest BCUT2D eigenvalue weighted by molar-refractivity contribution is -0.0571. The van der Waals surface area contributed by atoms with Crippen LogP contribution in [0, 0.1) is 25.7 Å². The summed E-state index contributed by atoms with van der Waals surface area (Å²) in [5, 5.41) is 20.4. The molecule has 0 saturated carbocycles. The highest BCUT2D eigenvalue weighted by molar-refractivity contribution is 7.66. The molecule has 2 amide bonds. The number of alkyl carbamates (subject to hydrolysis) is 1. The molecular weight excluding hydrogens is 1090 g/mol. The number of carbonyl (C=O) groups is 3. The molecule has 0 spiro atoms. The second-order valence-corrected chi connectivity index (χ2v) is 21.5. The Morgan fingerprint density at radius 2 is 1.73 bits per heavy atom. The molecule has 2 aliphatic heterocycles. The van der Waals surface area contributed by atoms with Crippen molar-refractivity contribution in [3.63, 3.8) is 0 Å². The lowest BCUT2D eigenvalue weighted by Gasteiger charge is -2.21.